The van der Waals surface area contributed by atoms with Crippen LogP contribution < -0.4 is 5.32 Å². The topological polar surface area (TPSA) is 12.0 Å². The van der Waals surface area contributed by atoms with Crippen LogP contribution >= 0.6 is 12.4 Å². The van der Waals surface area contributed by atoms with Gasteiger partial charge in [0.15, 0.2) is 0 Å². The molecule has 0 aliphatic heterocycles. The van der Waals surface area contributed by atoms with Crippen molar-refractivity contribution in [2.45, 2.75) is 12.7 Å². The van der Waals surface area contributed by atoms with E-state index in [1.54, 1.807) is 7.05 Å². The van der Waals surface area contributed by atoms with Crippen LogP contribution in [0.3, 0.4) is 0 Å². The summed E-state index contributed by atoms with van der Waals surface area (Å²) in [5.74, 6) is -1.23. The van der Waals surface area contributed by atoms with Gasteiger partial charge in [0, 0.05) is 6.54 Å². The standard InChI is InChI=1S/C9H9F4N.ClH/c1-14-5-6-2-3-7(8(10)4-6)9(11,12)13;/h2-4,14H,5H2,1H3;1H. The van der Waals surface area contributed by atoms with Crippen LogP contribution in [0.15, 0.2) is 18.2 Å². The first-order valence-electron chi connectivity index (χ1n) is 3.95. The van der Waals surface area contributed by atoms with E-state index in [-0.39, 0.29) is 12.4 Å². The van der Waals surface area contributed by atoms with Crippen molar-refractivity contribution < 1.29 is 17.6 Å². The van der Waals surface area contributed by atoms with Gasteiger partial charge < -0.3 is 5.32 Å². The minimum Gasteiger partial charge on any atom is -0.316 e. The molecule has 0 amide bonds. The average Bonchev–Trinajstić information content (AvgIpc) is 2.02. The molecule has 6 heteroatoms. The van der Waals surface area contributed by atoms with E-state index >= 15 is 0 Å². The van der Waals surface area contributed by atoms with E-state index in [0.717, 1.165) is 12.1 Å². The van der Waals surface area contributed by atoms with Crippen LogP contribution in [0.2, 0.25) is 0 Å². The van der Waals surface area contributed by atoms with Crippen molar-refractivity contribution in [2.24, 2.45) is 0 Å². The smallest absolute Gasteiger partial charge is 0.316 e. The van der Waals surface area contributed by atoms with Gasteiger partial charge in [-0.3, -0.25) is 0 Å². The lowest BCUT2D eigenvalue weighted by Gasteiger charge is -2.08. The van der Waals surface area contributed by atoms with Crippen molar-refractivity contribution in [2.75, 3.05) is 7.05 Å². The predicted octanol–water partition coefficient (Wildman–Crippen LogP) is 2.99. The molecular formula is C9H10ClF4N. The molecule has 0 atom stereocenters. The predicted molar refractivity (Wildman–Crippen MR) is 51.4 cm³/mol. The number of hydrogen-bond donors (Lipinski definition) is 1. The molecular weight excluding hydrogens is 234 g/mol. The summed E-state index contributed by atoms with van der Waals surface area (Å²) in [6.45, 7) is 0.342. The second-order valence-corrected chi connectivity index (χ2v) is 2.84. The number of halogens is 5. The first kappa shape index (κ1) is 14.2. The van der Waals surface area contributed by atoms with E-state index in [2.05, 4.69) is 5.32 Å². The molecule has 0 saturated carbocycles. The Morgan fingerprint density at radius 3 is 2.27 bits per heavy atom. The van der Waals surface area contributed by atoms with Crippen molar-refractivity contribution in [3.05, 3.63) is 35.1 Å². The molecule has 1 nitrogen and oxygen atoms in total. The molecule has 1 rings (SSSR count). The van der Waals surface area contributed by atoms with Crippen LogP contribution in [0.5, 0.6) is 0 Å². The summed E-state index contributed by atoms with van der Waals surface area (Å²) in [4.78, 5) is 0. The fourth-order valence-corrected chi connectivity index (χ4v) is 1.10. The highest BCUT2D eigenvalue weighted by molar-refractivity contribution is 5.85. The zero-order valence-electron chi connectivity index (χ0n) is 7.86. The van der Waals surface area contributed by atoms with Gasteiger partial charge in [0.05, 0.1) is 5.56 Å². The van der Waals surface area contributed by atoms with E-state index in [9.17, 15) is 17.6 Å². The minimum absolute atomic E-state index is 0. The molecule has 86 valence electrons. The molecule has 15 heavy (non-hydrogen) atoms. The summed E-state index contributed by atoms with van der Waals surface area (Å²) in [5, 5.41) is 2.72. The molecule has 0 heterocycles. The summed E-state index contributed by atoms with van der Waals surface area (Å²) >= 11 is 0. The van der Waals surface area contributed by atoms with Gasteiger partial charge in [0.1, 0.15) is 5.82 Å². The number of hydrogen-bond acceptors (Lipinski definition) is 1. The maximum atomic E-state index is 12.9. The van der Waals surface area contributed by atoms with Gasteiger partial charge in [0.2, 0.25) is 0 Å². The Morgan fingerprint density at radius 2 is 1.87 bits per heavy atom. The second-order valence-electron chi connectivity index (χ2n) is 2.84. The molecule has 0 aliphatic carbocycles. The highest BCUT2D eigenvalue weighted by Gasteiger charge is 2.33. The maximum absolute atomic E-state index is 12.9. The lowest BCUT2D eigenvalue weighted by Crippen LogP contribution is -2.10. The largest absolute Gasteiger partial charge is 0.419 e. The molecule has 0 aromatic heterocycles. The Morgan fingerprint density at radius 1 is 1.27 bits per heavy atom. The summed E-state index contributed by atoms with van der Waals surface area (Å²) in [6, 6.07) is 2.89. The quantitative estimate of drug-likeness (QED) is 0.788. The van der Waals surface area contributed by atoms with Crippen molar-refractivity contribution in [3.63, 3.8) is 0 Å². The maximum Gasteiger partial charge on any atom is 0.419 e. The normalized spacial score (nSPS) is 11.0. The van der Waals surface area contributed by atoms with Crippen LogP contribution in [-0.4, -0.2) is 7.05 Å². The van der Waals surface area contributed by atoms with E-state index in [0.29, 0.717) is 12.1 Å². The van der Waals surface area contributed by atoms with Crippen molar-refractivity contribution in [1.82, 2.24) is 5.32 Å². The second kappa shape index (κ2) is 5.32. The lowest BCUT2D eigenvalue weighted by atomic mass is 10.1. The molecule has 0 unspecified atom stereocenters. The third kappa shape index (κ3) is 3.68. The van der Waals surface area contributed by atoms with Gasteiger partial charge in [0.25, 0.3) is 0 Å². The monoisotopic (exact) mass is 243 g/mol. The molecule has 1 N–H and O–H groups in total. The molecule has 0 bridgehead atoms. The van der Waals surface area contributed by atoms with Crippen LogP contribution in [0.1, 0.15) is 11.1 Å². The van der Waals surface area contributed by atoms with Crippen LogP contribution in [0.4, 0.5) is 17.6 Å². The molecule has 1 aromatic carbocycles. The van der Waals surface area contributed by atoms with Gasteiger partial charge in [-0.2, -0.15) is 13.2 Å². The molecule has 0 aliphatic rings. The Balaban J connectivity index is 0.00000196. The lowest BCUT2D eigenvalue weighted by molar-refractivity contribution is -0.140. The third-order valence-corrected chi connectivity index (χ3v) is 1.72. The molecule has 1 aromatic rings. The number of benzene rings is 1. The van der Waals surface area contributed by atoms with E-state index < -0.39 is 17.6 Å². The number of nitrogens with one attached hydrogen (secondary N) is 1. The van der Waals surface area contributed by atoms with Crippen LogP contribution in [-0.2, 0) is 12.7 Å². The third-order valence-electron chi connectivity index (χ3n) is 1.72. The van der Waals surface area contributed by atoms with Crippen LogP contribution in [0.25, 0.3) is 0 Å². The SMILES string of the molecule is CNCc1ccc(C(F)(F)F)c(F)c1.Cl. The molecule has 0 spiro atoms. The Kier molecular flexibility index (Phi) is 5.03. The Hall–Kier alpha value is -0.810. The van der Waals surface area contributed by atoms with E-state index in [1.807, 2.05) is 0 Å². The van der Waals surface area contributed by atoms with Gasteiger partial charge in [-0.05, 0) is 24.7 Å². The minimum atomic E-state index is -4.62. The zero-order chi connectivity index (χ0) is 10.8. The van der Waals surface area contributed by atoms with E-state index in [4.69, 9.17) is 0 Å². The highest BCUT2D eigenvalue weighted by Crippen LogP contribution is 2.31. The molecule has 0 fully saturated rings. The fourth-order valence-electron chi connectivity index (χ4n) is 1.10. The van der Waals surface area contributed by atoms with Crippen molar-refractivity contribution >= 4 is 12.4 Å². The highest BCUT2D eigenvalue weighted by atomic mass is 35.5. The Labute approximate surface area is 90.9 Å². The number of alkyl halides is 3. The van der Waals surface area contributed by atoms with Gasteiger partial charge in [-0.1, -0.05) is 6.07 Å². The van der Waals surface area contributed by atoms with Crippen molar-refractivity contribution in [3.8, 4) is 0 Å². The van der Waals surface area contributed by atoms with Gasteiger partial charge in [-0.25, -0.2) is 4.39 Å². The van der Waals surface area contributed by atoms with Gasteiger partial charge >= 0.3 is 6.18 Å². The van der Waals surface area contributed by atoms with E-state index in [1.165, 1.54) is 6.07 Å². The fraction of sp³-hybridized carbons (Fsp3) is 0.333. The first-order valence-corrected chi connectivity index (χ1v) is 3.95. The van der Waals surface area contributed by atoms with Crippen molar-refractivity contribution in [1.29, 1.82) is 0 Å². The average molecular weight is 244 g/mol. The summed E-state index contributed by atoms with van der Waals surface area (Å²) in [6.07, 6.45) is -4.62. The first-order chi connectivity index (χ1) is 6.45. The van der Waals surface area contributed by atoms with Crippen LogP contribution in [0, 0.1) is 5.82 Å². The summed E-state index contributed by atoms with van der Waals surface area (Å²) < 4.78 is 49.3. The molecule has 0 saturated heterocycles. The zero-order valence-corrected chi connectivity index (χ0v) is 8.68. The summed E-state index contributed by atoms with van der Waals surface area (Å²) in [5.41, 5.74) is -0.740. The van der Waals surface area contributed by atoms with Gasteiger partial charge in [-0.15, -0.1) is 12.4 Å². The summed E-state index contributed by atoms with van der Waals surface area (Å²) in [7, 11) is 1.63. The number of rotatable bonds is 2. The molecule has 0 radical (unpaired) electrons. The Bertz CT molecular complexity index is 324.